The number of hydrogen-bond acceptors (Lipinski definition) is 6. The van der Waals surface area contributed by atoms with E-state index < -0.39 is 10.8 Å². The van der Waals surface area contributed by atoms with Gasteiger partial charge in [-0.05, 0) is 36.8 Å². The third-order valence-corrected chi connectivity index (χ3v) is 6.98. The number of non-ortho nitro benzene ring substituents is 1. The van der Waals surface area contributed by atoms with Crippen molar-refractivity contribution in [1.29, 1.82) is 0 Å². The van der Waals surface area contributed by atoms with E-state index >= 15 is 0 Å². The highest BCUT2D eigenvalue weighted by molar-refractivity contribution is 7.98. The predicted octanol–water partition coefficient (Wildman–Crippen LogP) is 6.67. The van der Waals surface area contributed by atoms with Gasteiger partial charge in [-0.3, -0.25) is 19.5 Å². The Morgan fingerprint density at radius 2 is 1.86 bits per heavy atom. The van der Waals surface area contributed by atoms with Gasteiger partial charge in [-0.25, -0.2) is 0 Å². The number of rotatable bonds is 8. The molecule has 1 aromatic heterocycles. The fraction of sp³-hybridized carbons (Fsp3) is 0.125. The van der Waals surface area contributed by atoms with Crippen molar-refractivity contribution < 1.29 is 9.72 Å². The number of hydrogen-bond donors (Lipinski definition) is 1. The summed E-state index contributed by atoms with van der Waals surface area (Å²) in [6.45, 7) is 2.02. The minimum atomic E-state index is -0.583. The van der Waals surface area contributed by atoms with Gasteiger partial charge in [0.2, 0.25) is 0 Å². The molecule has 0 bridgehead atoms. The zero-order chi connectivity index (χ0) is 25.8. The van der Waals surface area contributed by atoms with Crippen LogP contribution in [0.1, 0.15) is 27.3 Å². The monoisotopic (exact) mass is 561 g/mol. The summed E-state index contributed by atoms with van der Waals surface area (Å²) in [6, 6.07) is 16.8. The molecule has 0 atom stereocenters. The summed E-state index contributed by atoms with van der Waals surface area (Å²) in [5.41, 5.74) is 2.74. The van der Waals surface area contributed by atoms with Gasteiger partial charge >= 0.3 is 0 Å². The molecule has 0 saturated carbocycles. The molecule has 0 unspecified atom stereocenters. The Kier molecular flexibility index (Phi) is 8.15. The van der Waals surface area contributed by atoms with E-state index in [1.54, 1.807) is 22.8 Å². The van der Waals surface area contributed by atoms with Crippen LogP contribution >= 0.6 is 46.6 Å². The second-order valence-corrected chi connectivity index (χ2v) is 9.90. The van der Waals surface area contributed by atoms with Gasteiger partial charge < -0.3 is 5.32 Å². The number of benzene rings is 3. The van der Waals surface area contributed by atoms with Crippen LogP contribution < -0.4 is 5.32 Å². The third-order valence-electron chi connectivity index (χ3n) is 5.12. The molecule has 184 valence electrons. The molecule has 0 aliphatic heterocycles. The fourth-order valence-corrected chi connectivity index (χ4v) is 4.95. The van der Waals surface area contributed by atoms with E-state index in [0.717, 1.165) is 17.2 Å². The zero-order valence-electron chi connectivity index (χ0n) is 18.7. The van der Waals surface area contributed by atoms with Gasteiger partial charge in [0, 0.05) is 22.9 Å². The van der Waals surface area contributed by atoms with Crippen LogP contribution in [0.4, 0.5) is 5.69 Å². The minimum absolute atomic E-state index is 0.00695. The number of amides is 1. The molecule has 4 rings (SSSR count). The molecule has 8 nitrogen and oxygen atoms in total. The number of thioether (sulfide) groups is 1. The molecule has 1 N–H and O–H groups in total. The standard InChI is InChI=1S/C24H18Cl3N5O3S/c1-14-3-2-4-15(9-14)13-36-24-30-29-22(31(24)21-10-16(25)5-8-19(21)26)12-28-23(33)18-7-6-17(32(34)35)11-20(18)27/h2-11H,12-13H2,1H3,(H,28,33). The first-order chi connectivity index (χ1) is 17.2. The van der Waals surface area contributed by atoms with E-state index in [4.69, 9.17) is 34.8 Å². The summed E-state index contributed by atoms with van der Waals surface area (Å²) in [4.78, 5) is 23.1. The van der Waals surface area contributed by atoms with Crippen LogP contribution in [0.3, 0.4) is 0 Å². The first-order valence-corrected chi connectivity index (χ1v) is 12.6. The van der Waals surface area contributed by atoms with E-state index in [-0.39, 0.29) is 22.8 Å². The lowest BCUT2D eigenvalue weighted by Crippen LogP contribution is -2.25. The van der Waals surface area contributed by atoms with Crippen LogP contribution in [0.2, 0.25) is 15.1 Å². The SMILES string of the molecule is Cc1cccc(CSc2nnc(CNC(=O)c3ccc([N+](=O)[O-])cc3Cl)n2-c2cc(Cl)ccc2Cl)c1. The first kappa shape index (κ1) is 26.0. The van der Waals surface area contributed by atoms with Crippen molar-refractivity contribution in [1.82, 2.24) is 20.1 Å². The smallest absolute Gasteiger partial charge is 0.270 e. The Labute approximate surface area is 225 Å². The molecule has 1 heterocycles. The number of carbonyl (C=O) groups is 1. The Morgan fingerprint density at radius 1 is 1.06 bits per heavy atom. The molecule has 0 saturated heterocycles. The van der Waals surface area contributed by atoms with Gasteiger partial charge in [0.15, 0.2) is 11.0 Å². The summed E-state index contributed by atoms with van der Waals surface area (Å²) in [6.07, 6.45) is 0. The second kappa shape index (κ2) is 11.3. The third kappa shape index (κ3) is 5.99. The number of aryl methyl sites for hydroxylation is 1. The molecule has 12 heteroatoms. The lowest BCUT2D eigenvalue weighted by atomic mass is 10.2. The maximum Gasteiger partial charge on any atom is 0.270 e. The Balaban J connectivity index is 1.61. The van der Waals surface area contributed by atoms with Crippen molar-refractivity contribution in [2.24, 2.45) is 0 Å². The maximum absolute atomic E-state index is 12.8. The highest BCUT2D eigenvalue weighted by atomic mass is 35.5. The second-order valence-electron chi connectivity index (χ2n) is 7.71. The van der Waals surface area contributed by atoms with Gasteiger partial charge in [0.1, 0.15) is 0 Å². The number of halogens is 3. The minimum Gasteiger partial charge on any atom is -0.345 e. The van der Waals surface area contributed by atoms with Crippen molar-refractivity contribution in [3.63, 3.8) is 0 Å². The summed E-state index contributed by atoms with van der Waals surface area (Å²) < 4.78 is 1.74. The van der Waals surface area contributed by atoms with E-state index in [2.05, 4.69) is 21.6 Å². The normalized spacial score (nSPS) is 10.9. The van der Waals surface area contributed by atoms with Crippen molar-refractivity contribution in [3.8, 4) is 5.69 Å². The molecular formula is C24H18Cl3N5O3S. The van der Waals surface area contributed by atoms with E-state index in [9.17, 15) is 14.9 Å². The summed E-state index contributed by atoms with van der Waals surface area (Å²) in [5, 5.41) is 23.7. The highest BCUT2D eigenvalue weighted by Gasteiger charge is 2.20. The van der Waals surface area contributed by atoms with Gasteiger partial charge in [-0.15, -0.1) is 10.2 Å². The average molecular weight is 563 g/mol. The lowest BCUT2D eigenvalue weighted by molar-refractivity contribution is -0.384. The number of nitrogens with zero attached hydrogens (tertiary/aromatic N) is 4. The zero-order valence-corrected chi connectivity index (χ0v) is 21.8. The van der Waals surface area contributed by atoms with E-state index in [1.807, 2.05) is 25.1 Å². The fourth-order valence-electron chi connectivity index (χ4n) is 3.41. The van der Waals surface area contributed by atoms with Crippen LogP contribution in [0.5, 0.6) is 0 Å². The summed E-state index contributed by atoms with van der Waals surface area (Å²) in [7, 11) is 0. The molecule has 1 amide bonds. The van der Waals surface area contributed by atoms with Crippen LogP contribution in [0.25, 0.3) is 5.69 Å². The van der Waals surface area contributed by atoms with Crippen LogP contribution in [0.15, 0.2) is 65.8 Å². The molecule has 0 fully saturated rings. The number of nitro groups is 1. The number of nitrogens with one attached hydrogen (secondary N) is 1. The molecule has 0 spiro atoms. The van der Waals surface area contributed by atoms with Crippen LogP contribution in [0, 0.1) is 17.0 Å². The first-order valence-electron chi connectivity index (χ1n) is 10.5. The molecule has 3 aromatic carbocycles. The molecule has 4 aromatic rings. The maximum atomic E-state index is 12.8. The Bertz CT molecular complexity index is 1460. The van der Waals surface area contributed by atoms with E-state index in [1.165, 1.54) is 23.9 Å². The highest BCUT2D eigenvalue weighted by Crippen LogP contribution is 2.31. The average Bonchev–Trinajstić information content (AvgIpc) is 3.25. The molecular weight excluding hydrogens is 545 g/mol. The van der Waals surface area contributed by atoms with Gasteiger partial charge in [0.25, 0.3) is 11.6 Å². The number of nitro benzene ring substituents is 1. The van der Waals surface area contributed by atoms with Crippen molar-refractivity contribution in [2.75, 3.05) is 0 Å². The Hall–Kier alpha value is -3.11. The summed E-state index contributed by atoms with van der Waals surface area (Å²) in [5.74, 6) is 0.538. The molecule has 0 aliphatic rings. The van der Waals surface area contributed by atoms with Crippen molar-refractivity contribution in [2.45, 2.75) is 24.4 Å². The van der Waals surface area contributed by atoms with Gasteiger partial charge in [0.05, 0.1) is 32.8 Å². The number of carbonyl (C=O) groups excluding carboxylic acids is 1. The Morgan fingerprint density at radius 3 is 2.58 bits per heavy atom. The summed E-state index contributed by atoms with van der Waals surface area (Å²) >= 11 is 20.3. The quantitative estimate of drug-likeness (QED) is 0.146. The van der Waals surface area contributed by atoms with E-state index in [0.29, 0.717) is 32.5 Å². The van der Waals surface area contributed by atoms with Crippen LogP contribution in [-0.4, -0.2) is 25.6 Å². The molecule has 0 aliphatic carbocycles. The van der Waals surface area contributed by atoms with Crippen molar-refractivity contribution >= 4 is 58.2 Å². The predicted molar refractivity (Wildman–Crippen MR) is 141 cm³/mol. The van der Waals surface area contributed by atoms with Gasteiger partial charge in [-0.1, -0.05) is 76.4 Å². The van der Waals surface area contributed by atoms with Gasteiger partial charge in [-0.2, -0.15) is 0 Å². The molecule has 36 heavy (non-hydrogen) atoms. The number of aromatic nitrogens is 3. The molecule has 0 radical (unpaired) electrons. The van der Waals surface area contributed by atoms with Crippen molar-refractivity contribution in [3.05, 3.63) is 108 Å². The largest absolute Gasteiger partial charge is 0.345 e. The topological polar surface area (TPSA) is 103 Å². The van der Waals surface area contributed by atoms with Crippen LogP contribution in [-0.2, 0) is 12.3 Å². The lowest BCUT2D eigenvalue weighted by Gasteiger charge is -2.13.